The van der Waals surface area contributed by atoms with Gasteiger partial charge in [0.15, 0.2) is 5.82 Å². The summed E-state index contributed by atoms with van der Waals surface area (Å²) in [4.78, 5) is 15.7. The lowest BCUT2D eigenvalue weighted by molar-refractivity contribution is 0.262. The van der Waals surface area contributed by atoms with E-state index in [1.165, 1.54) is 6.20 Å². The maximum Gasteiger partial charge on any atom is 0.324 e. The van der Waals surface area contributed by atoms with E-state index >= 15 is 0 Å². The number of carbonyl (C=O) groups excluding carboxylic acids is 1. The van der Waals surface area contributed by atoms with E-state index in [1.54, 1.807) is 36.1 Å². The van der Waals surface area contributed by atoms with E-state index in [0.717, 1.165) is 0 Å². The van der Waals surface area contributed by atoms with E-state index in [0.29, 0.717) is 24.0 Å². The number of aryl methyl sites for hydroxylation is 1. The first-order valence-electron chi connectivity index (χ1n) is 5.84. The molecule has 100 valence electrons. The van der Waals surface area contributed by atoms with Crippen molar-refractivity contribution in [3.05, 3.63) is 30.6 Å². The summed E-state index contributed by atoms with van der Waals surface area (Å²) in [6.07, 6.45) is 3.27. The van der Waals surface area contributed by atoms with Crippen LogP contribution in [0.3, 0.4) is 0 Å². The summed E-state index contributed by atoms with van der Waals surface area (Å²) >= 11 is 0. The van der Waals surface area contributed by atoms with Crippen LogP contribution < -0.4 is 15.4 Å². The molecule has 2 heterocycles. The lowest BCUT2D eigenvalue weighted by atomic mass is 10.4. The smallest absolute Gasteiger partial charge is 0.324 e. The molecular formula is C12H15N5O2. The summed E-state index contributed by atoms with van der Waals surface area (Å²) in [6.45, 7) is 2.44. The normalized spacial score (nSPS) is 10.0. The molecule has 0 saturated carbocycles. The van der Waals surface area contributed by atoms with E-state index in [-0.39, 0.29) is 6.03 Å². The second-order valence-corrected chi connectivity index (χ2v) is 3.77. The van der Waals surface area contributed by atoms with E-state index < -0.39 is 0 Å². The molecule has 7 heteroatoms. The van der Waals surface area contributed by atoms with Gasteiger partial charge in [-0.05, 0) is 13.0 Å². The molecule has 0 radical (unpaired) electrons. The van der Waals surface area contributed by atoms with Crippen molar-refractivity contribution in [3.63, 3.8) is 0 Å². The minimum atomic E-state index is -0.371. The highest BCUT2D eigenvalue weighted by molar-refractivity contribution is 5.98. The van der Waals surface area contributed by atoms with Gasteiger partial charge in [0.2, 0.25) is 5.88 Å². The van der Waals surface area contributed by atoms with Gasteiger partial charge in [0, 0.05) is 25.4 Å². The number of nitrogens with zero attached hydrogens (tertiary/aromatic N) is 3. The van der Waals surface area contributed by atoms with Gasteiger partial charge >= 0.3 is 6.03 Å². The third kappa shape index (κ3) is 3.70. The molecule has 0 atom stereocenters. The number of ether oxygens (including phenoxy) is 1. The molecule has 2 aromatic heterocycles. The molecule has 0 spiro atoms. The van der Waals surface area contributed by atoms with Crippen molar-refractivity contribution in [2.75, 3.05) is 17.2 Å². The molecule has 0 bridgehead atoms. The predicted octanol–water partition coefficient (Wildman–Crippen LogP) is 1.86. The predicted molar refractivity (Wildman–Crippen MR) is 71.3 cm³/mol. The first-order valence-corrected chi connectivity index (χ1v) is 5.84. The lowest BCUT2D eigenvalue weighted by Gasteiger charge is -2.06. The Morgan fingerprint density at radius 1 is 1.37 bits per heavy atom. The van der Waals surface area contributed by atoms with Crippen LogP contribution in [0, 0.1) is 0 Å². The Morgan fingerprint density at radius 3 is 2.79 bits per heavy atom. The molecule has 0 saturated heterocycles. The molecule has 2 aromatic rings. The van der Waals surface area contributed by atoms with Crippen LogP contribution in [0.5, 0.6) is 5.88 Å². The summed E-state index contributed by atoms with van der Waals surface area (Å²) in [6, 6.07) is 4.75. The van der Waals surface area contributed by atoms with Crippen molar-refractivity contribution in [1.29, 1.82) is 0 Å². The summed E-state index contributed by atoms with van der Waals surface area (Å²) < 4.78 is 6.82. The maximum absolute atomic E-state index is 11.7. The first kappa shape index (κ1) is 12.9. The van der Waals surface area contributed by atoms with Crippen LogP contribution in [-0.2, 0) is 7.05 Å². The zero-order chi connectivity index (χ0) is 13.7. The molecule has 0 aromatic carbocycles. The van der Waals surface area contributed by atoms with Crippen molar-refractivity contribution in [2.24, 2.45) is 7.05 Å². The minimum absolute atomic E-state index is 0.371. The average Bonchev–Trinajstić information content (AvgIpc) is 2.77. The summed E-state index contributed by atoms with van der Waals surface area (Å²) in [5.41, 5.74) is 0.580. The molecule has 2 amide bonds. The van der Waals surface area contributed by atoms with Crippen LogP contribution in [-0.4, -0.2) is 27.4 Å². The fourth-order valence-electron chi connectivity index (χ4n) is 1.45. The third-order valence-corrected chi connectivity index (χ3v) is 2.24. The van der Waals surface area contributed by atoms with Crippen LogP contribution in [0.4, 0.5) is 16.3 Å². The molecule has 2 N–H and O–H groups in total. The van der Waals surface area contributed by atoms with Gasteiger partial charge in [0.1, 0.15) is 0 Å². The molecule has 7 nitrogen and oxygen atoms in total. The first-order chi connectivity index (χ1) is 9.17. The Balaban J connectivity index is 1.91. The number of anilines is 2. The van der Waals surface area contributed by atoms with Crippen molar-refractivity contribution in [1.82, 2.24) is 14.8 Å². The van der Waals surface area contributed by atoms with Crippen molar-refractivity contribution in [3.8, 4) is 5.88 Å². The minimum Gasteiger partial charge on any atom is -0.478 e. The zero-order valence-electron chi connectivity index (χ0n) is 10.8. The third-order valence-electron chi connectivity index (χ3n) is 2.24. The van der Waals surface area contributed by atoms with Gasteiger partial charge in [-0.2, -0.15) is 5.10 Å². The van der Waals surface area contributed by atoms with Crippen LogP contribution in [0.25, 0.3) is 0 Å². The molecule has 0 aliphatic carbocycles. The van der Waals surface area contributed by atoms with E-state index in [9.17, 15) is 4.79 Å². The van der Waals surface area contributed by atoms with Gasteiger partial charge < -0.3 is 10.1 Å². The van der Waals surface area contributed by atoms with Gasteiger partial charge in [-0.3, -0.25) is 10.00 Å². The number of pyridine rings is 1. The number of nitrogens with one attached hydrogen (secondary N) is 2. The van der Waals surface area contributed by atoms with Gasteiger partial charge in [0.25, 0.3) is 0 Å². The standard InChI is InChI=1S/C12H15N5O2/c1-3-19-11-5-4-9(8-13-11)14-12(18)15-10-6-7-17(2)16-10/h4-8H,3H2,1-2H3,(H2,14,15,16,18). The highest BCUT2D eigenvalue weighted by atomic mass is 16.5. The molecule has 19 heavy (non-hydrogen) atoms. The second kappa shape index (κ2) is 5.85. The topological polar surface area (TPSA) is 81.1 Å². The Hall–Kier alpha value is -2.57. The lowest BCUT2D eigenvalue weighted by Crippen LogP contribution is -2.19. The Labute approximate surface area is 110 Å². The number of urea groups is 1. The fourth-order valence-corrected chi connectivity index (χ4v) is 1.45. The number of rotatable bonds is 4. The number of amides is 2. The van der Waals surface area contributed by atoms with Gasteiger partial charge in [0.05, 0.1) is 18.5 Å². The Morgan fingerprint density at radius 2 is 2.21 bits per heavy atom. The van der Waals surface area contributed by atoms with Gasteiger partial charge in [-0.25, -0.2) is 9.78 Å². The molecule has 2 rings (SSSR count). The molecule has 0 unspecified atom stereocenters. The molecule has 0 fully saturated rings. The molecule has 0 aliphatic heterocycles. The quantitative estimate of drug-likeness (QED) is 0.880. The molecular weight excluding hydrogens is 246 g/mol. The van der Waals surface area contributed by atoms with E-state index in [1.807, 2.05) is 6.92 Å². The van der Waals surface area contributed by atoms with Crippen LogP contribution in [0.1, 0.15) is 6.92 Å². The number of hydrogen-bond donors (Lipinski definition) is 2. The van der Waals surface area contributed by atoms with Crippen molar-refractivity contribution >= 4 is 17.5 Å². The summed E-state index contributed by atoms with van der Waals surface area (Å²) in [5.74, 6) is 1.01. The van der Waals surface area contributed by atoms with E-state index in [2.05, 4.69) is 20.7 Å². The van der Waals surface area contributed by atoms with Crippen molar-refractivity contribution < 1.29 is 9.53 Å². The van der Waals surface area contributed by atoms with Crippen LogP contribution in [0.15, 0.2) is 30.6 Å². The Kier molecular flexibility index (Phi) is 3.97. The number of carbonyl (C=O) groups is 1. The van der Waals surface area contributed by atoms with Gasteiger partial charge in [-0.15, -0.1) is 0 Å². The zero-order valence-corrected chi connectivity index (χ0v) is 10.8. The number of aromatic nitrogens is 3. The second-order valence-electron chi connectivity index (χ2n) is 3.77. The fraction of sp³-hybridized carbons (Fsp3) is 0.250. The summed E-state index contributed by atoms with van der Waals surface area (Å²) in [7, 11) is 1.78. The van der Waals surface area contributed by atoms with Crippen molar-refractivity contribution in [2.45, 2.75) is 6.92 Å². The SMILES string of the molecule is CCOc1ccc(NC(=O)Nc2ccn(C)n2)cn1. The Bertz CT molecular complexity index is 550. The van der Waals surface area contributed by atoms with Crippen LogP contribution >= 0.6 is 0 Å². The van der Waals surface area contributed by atoms with Crippen LogP contribution in [0.2, 0.25) is 0 Å². The molecule has 0 aliphatic rings. The maximum atomic E-state index is 11.7. The summed E-state index contributed by atoms with van der Waals surface area (Å²) in [5, 5.41) is 9.30. The highest BCUT2D eigenvalue weighted by Gasteiger charge is 2.05. The highest BCUT2D eigenvalue weighted by Crippen LogP contribution is 2.12. The van der Waals surface area contributed by atoms with Gasteiger partial charge in [-0.1, -0.05) is 0 Å². The van der Waals surface area contributed by atoms with E-state index in [4.69, 9.17) is 4.74 Å². The monoisotopic (exact) mass is 261 g/mol. The largest absolute Gasteiger partial charge is 0.478 e. The average molecular weight is 261 g/mol. The number of hydrogen-bond acceptors (Lipinski definition) is 4.